The number of nitrogens with one attached hydrogen (secondary N) is 1. The number of hydrogen-bond donors (Lipinski definition) is 1. The molecule has 0 bridgehead atoms. The van der Waals surface area contributed by atoms with E-state index in [2.05, 4.69) is 12.2 Å². The Morgan fingerprint density at radius 1 is 1.29 bits per heavy atom. The minimum atomic E-state index is -0.0625. The topological polar surface area (TPSA) is 32.3 Å². The van der Waals surface area contributed by atoms with Crippen molar-refractivity contribution in [2.45, 2.75) is 39.2 Å². The Kier molecular flexibility index (Phi) is 8.86. The van der Waals surface area contributed by atoms with Gasteiger partial charge in [-0.2, -0.15) is 0 Å². The third kappa shape index (κ3) is 5.52. The van der Waals surface area contributed by atoms with Gasteiger partial charge in [0, 0.05) is 23.5 Å². The van der Waals surface area contributed by atoms with Crippen molar-refractivity contribution >= 4 is 41.5 Å². The van der Waals surface area contributed by atoms with Crippen LogP contribution >= 0.6 is 35.6 Å². The molecular formula is C18H27Cl3N2O. The zero-order chi connectivity index (χ0) is 17.0. The zero-order valence-corrected chi connectivity index (χ0v) is 16.8. The Labute approximate surface area is 161 Å². The molecule has 0 aromatic heterocycles. The summed E-state index contributed by atoms with van der Waals surface area (Å²) in [4.78, 5) is 14.4. The van der Waals surface area contributed by atoms with Crippen LogP contribution in [-0.2, 0) is 4.79 Å². The predicted molar refractivity (Wildman–Crippen MR) is 104 cm³/mol. The third-order valence-corrected chi connectivity index (χ3v) is 5.63. The van der Waals surface area contributed by atoms with Crippen molar-refractivity contribution in [1.29, 1.82) is 0 Å². The van der Waals surface area contributed by atoms with E-state index < -0.39 is 0 Å². The summed E-state index contributed by atoms with van der Waals surface area (Å²) in [6.45, 7) is 6.33. The molecule has 6 heteroatoms. The van der Waals surface area contributed by atoms with Gasteiger partial charge in [0.05, 0.1) is 6.04 Å². The summed E-state index contributed by atoms with van der Waals surface area (Å²) in [5.74, 6) is 1.23. The summed E-state index contributed by atoms with van der Waals surface area (Å²) < 4.78 is 0. The Morgan fingerprint density at radius 2 is 1.92 bits per heavy atom. The van der Waals surface area contributed by atoms with Gasteiger partial charge in [-0.05, 0) is 62.4 Å². The Balaban J connectivity index is 0.00000288. The van der Waals surface area contributed by atoms with Crippen LogP contribution < -0.4 is 5.32 Å². The minimum absolute atomic E-state index is 0. The highest BCUT2D eigenvalue weighted by atomic mass is 35.5. The maximum Gasteiger partial charge on any atom is 0.223 e. The van der Waals surface area contributed by atoms with E-state index in [9.17, 15) is 4.79 Å². The molecule has 0 aliphatic carbocycles. The fourth-order valence-electron chi connectivity index (χ4n) is 3.26. The standard InChI is InChI=1S/C18H26Cl2N2O.ClH/c1-12(14-6-8-21-9-7-14)10-18(23)22(3)13(2)16-5-4-15(19)11-17(16)20;/h4-5,11-14,21H,6-10H2,1-3H3;1H. The maximum absolute atomic E-state index is 12.6. The molecule has 1 fully saturated rings. The molecule has 2 atom stereocenters. The highest BCUT2D eigenvalue weighted by molar-refractivity contribution is 6.35. The lowest BCUT2D eigenvalue weighted by atomic mass is 9.84. The molecule has 0 saturated carbocycles. The van der Waals surface area contributed by atoms with Gasteiger partial charge < -0.3 is 10.2 Å². The highest BCUT2D eigenvalue weighted by Gasteiger charge is 2.25. The fraction of sp³-hybridized carbons (Fsp3) is 0.611. The number of carbonyl (C=O) groups excluding carboxylic acids is 1. The fourth-order valence-corrected chi connectivity index (χ4v) is 3.83. The minimum Gasteiger partial charge on any atom is -0.339 e. The van der Waals surface area contributed by atoms with E-state index in [0.29, 0.717) is 28.3 Å². The predicted octanol–water partition coefficient (Wildman–Crippen LogP) is 4.96. The van der Waals surface area contributed by atoms with Crippen molar-refractivity contribution < 1.29 is 4.79 Å². The van der Waals surface area contributed by atoms with E-state index >= 15 is 0 Å². The summed E-state index contributed by atoms with van der Waals surface area (Å²) in [6.07, 6.45) is 2.92. The number of halogens is 3. The first-order valence-electron chi connectivity index (χ1n) is 8.31. The molecule has 136 valence electrons. The van der Waals surface area contributed by atoms with Gasteiger partial charge in [-0.25, -0.2) is 0 Å². The number of benzene rings is 1. The molecule has 1 amide bonds. The monoisotopic (exact) mass is 392 g/mol. The summed E-state index contributed by atoms with van der Waals surface area (Å²) in [5, 5.41) is 4.59. The van der Waals surface area contributed by atoms with Crippen LogP contribution in [0.3, 0.4) is 0 Å². The molecule has 1 saturated heterocycles. The van der Waals surface area contributed by atoms with E-state index in [1.165, 1.54) is 0 Å². The van der Waals surface area contributed by atoms with Gasteiger partial charge in [0.25, 0.3) is 0 Å². The summed E-state index contributed by atoms with van der Waals surface area (Å²) in [7, 11) is 1.85. The lowest BCUT2D eigenvalue weighted by Crippen LogP contribution is -2.35. The van der Waals surface area contributed by atoms with Gasteiger partial charge in [0.1, 0.15) is 0 Å². The van der Waals surface area contributed by atoms with Gasteiger partial charge in [-0.3, -0.25) is 4.79 Å². The number of hydrogen-bond acceptors (Lipinski definition) is 2. The molecule has 3 nitrogen and oxygen atoms in total. The lowest BCUT2D eigenvalue weighted by molar-refractivity contribution is -0.133. The summed E-state index contributed by atoms with van der Waals surface area (Å²) in [5.41, 5.74) is 0.932. The smallest absolute Gasteiger partial charge is 0.223 e. The molecular weight excluding hydrogens is 367 g/mol. The lowest BCUT2D eigenvalue weighted by Gasteiger charge is -2.31. The normalized spacial score (nSPS) is 17.7. The summed E-state index contributed by atoms with van der Waals surface area (Å²) in [6, 6.07) is 5.38. The van der Waals surface area contributed by atoms with Crippen LogP contribution in [0, 0.1) is 11.8 Å². The first kappa shape index (κ1) is 21.6. The van der Waals surface area contributed by atoms with Crippen LogP contribution in [0.15, 0.2) is 18.2 Å². The van der Waals surface area contributed by atoms with Crippen molar-refractivity contribution in [2.75, 3.05) is 20.1 Å². The molecule has 1 aromatic carbocycles. The molecule has 1 heterocycles. The molecule has 24 heavy (non-hydrogen) atoms. The van der Waals surface area contributed by atoms with Crippen LogP contribution in [0.5, 0.6) is 0 Å². The second kappa shape index (κ2) is 9.86. The van der Waals surface area contributed by atoms with E-state index in [0.717, 1.165) is 31.5 Å². The van der Waals surface area contributed by atoms with Crippen molar-refractivity contribution in [3.8, 4) is 0 Å². The number of piperidine rings is 1. The van der Waals surface area contributed by atoms with Crippen LogP contribution in [-0.4, -0.2) is 30.9 Å². The van der Waals surface area contributed by atoms with Gasteiger partial charge in [0.15, 0.2) is 0 Å². The second-order valence-electron chi connectivity index (χ2n) is 6.62. The molecule has 1 N–H and O–H groups in total. The van der Waals surface area contributed by atoms with Crippen LogP contribution in [0.4, 0.5) is 0 Å². The van der Waals surface area contributed by atoms with Crippen molar-refractivity contribution in [3.63, 3.8) is 0 Å². The first-order chi connectivity index (χ1) is 10.9. The zero-order valence-electron chi connectivity index (χ0n) is 14.5. The Hall–Kier alpha value is -0.480. The van der Waals surface area contributed by atoms with Crippen LogP contribution in [0.1, 0.15) is 44.7 Å². The van der Waals surface area contributed by atoms with Crippen molar-refractivity contribution in [3.05, 3.63) is 33.8 Å². The van der Waals surface area contributed by atoms with Gasteiger partial charge in [0.2, 0.25) is 5.91 Å². The van der Waals surface area contributed by atoms with Crippen molar-refractivity contribution in [2.24, 2.45) is 11.8 Å². The highest BCUT2D eigenvalue weighted by Crippen LogP contribution is 2.31. The Bertz CT molecular complexity index is 547. The molecule has 1 aromatic rings. The second-order valence-corrected chi connectivity index (χ2v) is 7.46. The molecule has 0 spiro atoms. The first-order valence-corrected chi connectivity index (χ1v) is 9.07. The SMILES string of the molecule is CC(CC(=O)N(C)C(C)c1ccc(Cl)cc1Cl)C1CCNCC1.Cl. The molecule has 1 aliphatic heterocycles. The van der Waals surface area contributed by atoms with E-state index in [1.54, 1.807) is 11.0 Å². The number of nitrogens with zero attached hydrogens (tertiary/aromatic N) is 1. The summed E-state index contributed by atoms with van der Waals surface area (Å²) >= 11 is 12.2. The average Bonchev–Trinajstić information content (AvgIpc) is 2.54. The molecule has 0 radical (unpaired) electrons. The molecule has 1 aliphatic rings. The van der Waals surface area contributed by atoms with E-state index in [4.69, 9.17) is 23.2 Å². The van der Waals surface area contributed by atoms with Crippen molar-refractivity contribution in [1.82, 2.24) is 10.2 Å². The largest absolute Gasteiger partial charge is 0.339 e. The van der Waals surface area contributed by atoms with Crippen LogP contribution in [0.2, 0.25) is 10.0 Å². The molecule has 2 unspecified atom stereocenters. The molecule has 2 rings (SSSR count). The van der Waals surface area contributed by atoms with E-state index in [-0.39, 0.29) is 24.4 Å². The van der Waals surface area contributed by atoms with Gasteiger partial charge in [-0.1, -0.05) is 36.2 Å². The Morgan fingerprint density at radius 3 is 2.50 bits per heavy atom. The van der Waals surface area contributed by atoms with Crippen LogP contribution in [0.25, 0.3) is 0 Å². The number of amides is 1. The number of rotatable bonds is 5. The number of carbonyl (C=O) groups is 1. The van der Waals surface area contributed by atoms with E-state index in [1.807, 2.05) is 26.1 Å². The quantitative estimate of drug-likeness (QED) is 0.766. The van der Waals surface area contributed by atoms with Gasteiger partial charge in [-0.15, -0.1) is 12.4 Å². The third-order valence-electron chi connectivity index (χ3n) is 5.07. The average molecular weight is 394 g/mol. The van der Waals surface area contributed by atoms with Gasteiger partial charge >= 0.3 is 0 Å². The maximum atomic E-state index is 12.6.